The highest BCUT2D eigenvalue weighted by Gasteiger charge is 2.46. The van der Waals surface area contributed by atoms with E-state index in [-0.39, 0.29) is 18.3 Å². The predicted octanol–water partition coefficient (Wildman–Crippen LogP) is 3.28. The van der Waals surface area contributed by atoms with Crippen LogP contribution < -0.4 is 5.73 Å². The molecule has 2 N–H and O–H groups in total. The Morgan fingerprint density at radius 2 is 1.70 bits per heavy atom. The summed E-state index contributed by atoms with van der Waals surface area (Å²) in [4.78, 5) is 14.7. The van der Waals surface area contributed by atoms with Crippen molar-refractivity contribution in [2.75, 3.05) is 14.1 Å². The number of primary amides is 1. The molecule has 4 heteroatoms. The van der Waals surface area contributed by atoms with Crippen LogP contribution in [-0.4, -0.2) is 24.9 Å². The Labute approximate surface area is 143 Å². The van der Waals surface area contributed by atoms with Gasteiger partial charge in [-0.05, 0) is 43.6 Å². The fourth-order valence-electron chi connectivity index (χ4n) is 3.78. The Balaban J connectivity index is 0.00000192. The lowest BCUT2D eigenvalue weighted by molar-refractivity contribution is -0.122. The van der Waals surface area contributed by atoms with Gasteiger partial charge in [-0.1, -0.05) is 54.6 Å². The van der Waals surface area contributed by atoms with Gasteiger partial charge in [-0.25, -0.2) is 0 Å². The van der Waals surface area contributed by atoms with Gasteiger partial charge in [-0.3, -0.25) is 4.79 Å². The molecule has 3 rings (SSSR count). The smallest absolute Gasteiger partial charge is 0.232 e. The van der Waals surface area contributed by atoms with E-state index >= 15 is 0 Å². The normalized spacial score (nSPS) is 23.0. The Hall–Kier alpha value is -1.84. The summed E-state index contributed by atoms with van der Waals surface area (Å²) in [5, 5.41) is 0. The highest BCUT2D eigenvalue weighted by Crippen LogP contribution is 2.47. The molecule has 0 spiro atoms. The summed E-state index contributed by atoms with van der Waals surface area (Å²) < 4.78 is 0. The van der Waals surface area contributed by atoms with E-state index in [0.717, 1.165) is 24.0 Å². The minimum atomic E-state index is -0.718. The fraction of sp³-hybridized carbons (Fsp3) is 0.316. The molecule has 0 bridgehead atoms. The average Bonchev–Trinajstić information content (AvgIpc) is 2.54. The first-order valence-corrected chi connectivity index (χ1v) is 7.68. The molecule has 1 aliphatic rings. The van der Waals surface area contributed by atoms with Crippen molar-refractivity contribution in [2.24, 2.45) is 5.73 Å². The topological polar surface area (TPSA) is 46.3 Å². The number of benzene rings is 2. The summed E-state index contributed by atoms with van der Waals surface area (Å²) in [7, 11) is 4.17. The maximum Gasteiger partial charge on any atom is 0.232 e. The molecule has 3 nitrogen and oxygen atoms in total. The molecule has 0 saturated heterocycles. The van der Waals surface area contributed by atoms with Crippen molar-refractivity contribution < 1.29 is 4.79 Å². The van der Waals surface area contributed by atoms with Gasteiger partial charge in [0, 0.05) is 6.04 Å². The molecule has 2 atom stereocenters. The van der Waals surface area contributed by atoms with E-state index in [1.807, 2.05) is 42.5 Å². The van der Waals surface area contributed by atoms with Crippen LogP contribution in [0.25, 0.3) is 0 Å². The monoisotopic (exact) mass is 330 g/mol. The molecule has 2 aromatic carbocycles. The number of amides is 1. The lowest BCUT2D eigenvalue weighted by Crippen LogP contribution is -2.46. The summed E-state index contributed by atoms with van der Waals surface area (Å²) in [6.07, 6.45) is 1.66. The van der Waals surface area contributed by atoms with Gasteiger partial charge in [0.25, 0.3) is 0 Å². The quantitative estimate of drug-likeness (QED) is 0.938. The molecule has 1 amide bonds. The van der Waals surface area contributed by atoms with E-state index in [1.54, 1.807) is 0 Å². The van der Waals surface area contributed by atoms with Crippen LogP contribution in [0.4, 0.5) is 0 Å². The van der Waals surface area contributed by atoms with Gasteiger partial charge in [-0.15, -0.1) is 12.4 Å². The van der Waals surface area contributed by atoms with Crippen LogP contribution >= 0.6 is 12.4 Å². The van der Waals surface area contributed by atoms with E-state index in [1.165, 1.54) is 5.56 Å². The Bertz CT molecular complexity index is 687. The molecule has 0 aliphatic heterocycles. The van der Waals surface area contributed by atoms with Gasteiger partial charge in [0.05, 0.1) is 5.41 Å². The Kier molecular flexibility index (Phi) is 5.12. The van der Waals surface area contributed by atoms with Gasteiger partial charge >= 0.3 is 0 Å². The van der Waals surface area contributed by atoms with E-state index in [2.05, 4.69) is 31.1 Å². The fourth-order valence-corrected chi connectivity index (χ4v) is 3.78. The number of rotatable bonds is 3. The van der Waals surface area contributed by atoms with Crippen molar-refractivity contribution in [3.05, 3.63) is 71.3 Å². The van der Waals surface area contributed by atoms with E-state index in [4.69, 9.17) is 5.73 Å². The number of nitrogens with two attached hydrogens (primary N) is 1. The zero-order valence-electron chi connectivity index (χ0n) is 13.5. The van der Waals surface area contributed by atoms with Gasteiger partial charge in [0.1, 0.15) is 0 Å². The van der Waals surface area contributed by atoms with Crippen LogP contribution in [0.3, 0.4) is 0 Å². The summed E-state index contributed by atoms with van der Waals surface area (Å²) in [6, 6.07) is 18.5. The van der Waals surface area contributed by atoms with Crippen molar-refractivity contribution in [1.82, 2.24) is 4.90 Å². The number of halogens is 1. The second-order valence-electron chi connectivity index (χ2n) is 6.24. The van der Waals surface area contributed by atoms with Gasteiger partial charge in [0.15, 0.2) is 0 Å². The Morgan fingerprint density at radius 1 is 1.09 bits per heavy atom. The summed E-state index contributed by atoms with van der Waals surface area (Å²) in [6.45, 7) is 0. The summed E-state index contributed by atoms with van der Waals surface area (Å²) in [5.74, 6) is -0.261. The molecular weight excluding hydrogens is 308 g/mol. The number of hydrogen-bond donors (Lipinski definition) is 1. The number of fused-ring (bicyclic) bond motifs is 1. The van der Waals surface area contributed by atoms with Gasteiger partial charge < -0.3 is 10.6 Å². The number of nitrogens with zero attached hydrogens (tertiary/aromatic N) is 1. The lowest BCUT2D eigenvalue weighted by atomic mass is 9.64. The Morgan fingerprint density at radius 3 is 2.30 bits per heavy atom. The van der Waals surface area contributed by atoms with Crippen LogP contribution in [0.2, 0.25) is 0 Å². The third-order valence-electron chi connectivity index (χ3n) is 4.88. The summed E-state index contributed by atoms with van der Waals surface area (Å²) >= 11 is 0. The van der Waals surface area contributed by atoms with Crippen molar-refractivity contribution in [3.63, 3.8) is 0 Å². The number of carbonyl (C=O) groups excluding carboxylic acids is 1. The molecule has 0 fully saturated rings. The van der Waals surface area contributed by atoms with E-state index in [9.17, 15) is 4.79 Å². The van der Waals surface area contributed by atoms with E-state index < -0.39 is 5.41 Å². The maximum atomic E-state index is 12.5. The molecule has 0 heterocycles. The molecule has 0 unspecified atom stereocenters. The standard InChI is InChI=1S/C19H22N2O.ClH/c1-21(2)17-12-13-19(18(20)22,14-8-4-3-5-9-14)16-11-7-6-10-15(16)17;/h3-11,17H,12-13H2,1-2H3,(H2,20,22);1H/t17-,19-;/m0./s1. The molecule has 1 aliphatic carbocycles. The molecule has 23 heavy (non-hydrogen) atoms. The molecule has 0 radical (unpaired) electrons. The maximum absolute atomic E-state index is 12.5. The minimum Gasteiger partial charge on any atom is -0.369 e. The molecular formula is C19H23ClN2O. The first-order valence-electron chi connectivity index (χ1n) is 7.68. The first kappa shape index (κ1) is 17.5. The molecule has 0 saturated carbocycles. The average molecular weight is 331 g/mol. The zero-order valence-corrected chi connectivity index (χ0v) is 14.3. The molecule has 2 aromatic rings. The third kappa shape index (κ3) is 2.75. The second-order valence-corrected chi connectivity index (χ2v) is 6.24. The van der Waals surface area contributed by atoms with Crippen molar-refractivity contribution >= 4 is 18.3 Å². The third-order valence-corrected chi connectivity index (χ3v) is 4.88. The van der Waals surface area contributed by atoms with Crippen molar-refractivity contribution in [3.8, 4) is 0 Å². The van der Waals surface area contributed by atoms with Crippen LogP contribution in [-0.2, 0) is 10.2 Å². The summed E-state index contributed by atoms with van der Waals surface area (Å²) in [5.41, 5.74) is 8.46. The SMILES string of the molecule is CN(C)[C@H]1CC[C@](C(N)=O)(c2ccccc2)c2ccccc21.Cl. The largest absolute Gasteiger partial charge is 0.369 e. The minimum absolute atomic E-state index is 0. The highest BCUT2D eigenvalue weighted by atomic mass is 35.5. The first-order chi connectivity index (χ1) is 10.6. The van der Waals surface area contributed by atoms with Crippen molar-refractivity contribution in [2.45, 2.75) is 24.3 Å². The second kappa shape index (κ2) is 6.73. The zero-order chi connectivity index (χ0) is 15.7. The van der Waals surface area contributed by atoms with Crippen LogP contribution in [0.1, 0.15) is 35.6 Å². The number of carbonyl (C=O) groups is 1. The number of hydrogen-bond acceptors (Lipinski definition) is 2. The van der Waals surface area contributed by atoms with Crippen LogP contribution in [0, 0.1) is 0 Å². The van der Waals surface area contributed by atoms with Gasteiger partial charge in [-0.2, -0.15) is 0 Å². The van der Waals surface area contributed by atoms with Crippen LogP contribution in [0.5, 0.6) is 0 Å². The molecule has 0 aromatic heterocycles. The van der Waals surface area contributed by atoms with Gasteiger partial charge in [0.2, 0.25) is 5.91 Å². The van der Waals surface area contributed by atoms with Crippen LogP contribution in [0.15, 0.2) is 54.6 Å². The van der Waals surface area contributed by atoms with Crippen molar-refractivity contribution in [1.29, 1.82) is 0 Å². The predicted molar refractivity (Wildman–Crippen MR) is 95.8 cm³/mol. The molecule has 122 valence electrons. The lowest BCUT2D eigenvalue weighted by Gasteiger charge is -2.42. The van der Waals surface area contributed by atoms with E-state index in [0.29, 0.717) is 6.04 Å². The highest BCUT2D eigenvalue weighted by molar-refractivity contribution is 5.91.